The normalized spacial score (nSPS) is 13.8. The van der Waals surface area contributed by atoms with Crippen LogP contribution in [0.3, 0.4) is 0 Å². The van der Waals surface area contributed by atoms with Crippen molar-refractivity contribution < 1.29 is 20.4 Å². The molecule has 76 valence electrons. The summed E-state index contributed by atoms with van der Waals surface area (Å²) < 4.78 is 0. The van der Waals surface area contributed by atoms with Crippen LogP contribution in [-0.2, 0) is 0 Å². The molecule has 0 heterocycles. The number of aliphatic hydroxyl groups is 4. The summed E-state index contributed by atoms with van der Waals surface area (Å²) in [5.74, 6) is 0. The first-order valence-electron chi connectivity index (χ1n) is 3.87. The zero-order valence-corrected chi connectivity index (χ0v) is 8.15. The molecule has 0 bridgehead atoms. The van der Waals surface area contributed by atoms with Crippen LogP contribution in [0.1, 0.15) is 27.7 Å². The summed E-state index contributed by atoms with van der Waals surface area (Å²) >= 11 is 0. The van der Waals surface area contributed by atoms with Gasteiger partial charge in [0, 0.05) is 5.41 Å². The minimum atomic E-state index is -1.20. The summed E-state index contributed by atoms with van der Waals surface area (Å²) in [6.45, 7) is 6.67. The van der Waals surface area contributed by atoms with Crippen LogP contribution in [0.5, 0.6) is 0 Å². The van der Waals surface area contributed by atoms with E-state index in [1.165, 1.54) is 6.92 Å². The predicted octanol–water partition coefficient (Wildman–Crippen LogP) is -0.297. The maximum atomic E-state index is 8.44. The average Bonchev–Trinajstić information content (AvgIpc) is 1.87. The highest BCUT2D eigenvalue weighted by molar-refractivity contribution is 4.61. The highest BCUT2D eigenvalue weighted by Crippen LogP contribution is 2.15. The lowest BCUT2D eigenvalue weighted by molar-refractivity contribution is -0.113. The van der Waals surface area contributed by atoms with Crippen molar-refractivity contribution in [2.75, 3.05) is 6.61 Å². The summed E-state index contributed by atoms with van der Waals surface area (Å²) in [7, 11) is 0. The fraction of sp³-hybridized carbons (Fsp3) is 1.00. The van der Waals surface area contributed by atoms with Crippen molar-refractivity contribution >= 4 is 0 Å². The van der Waals surface area contributed by atoms with Gasteiger partial charge in [-0.3, -0.25) is 0 Å². The van der Waals surface area contributed by atoms with E-state index in [4.69, 9.17) is 20.4 Å². The molecule has 4 N–H and O–H groups in total. The third-order valence-electron chi connectivity index (χ3n) is 1.04. The van der Waals surface area contributed by atoms with Gasteiger partial charge in [0.1, 0.15) is 0 Å². The van der Waals surface area contributed by atoms with E-state index >= 15 is 0 Å². The molecule has 0 fully saturated rings. The van der Waals surface area contributed by atoms with Crippen LogP contribution in [-0.4, -0.2) is 39.4 Å². The Morgan fingerprint density at radius 2 is 1.25 bits per heavy atom. The standard InChI is InChI=1S/C5H12O2.C3H8O2/c1-5(2,3)4(6)7;1-3(5)2-4/h4,6-7H,1-3H3;3-5H,2H2,1H3. The van der Waals surface area contributed by atoms with Crippen molar-refractivity contribution in [3.05, 3.63) is 0 Å². The Bertz CT molecular complexity index is 93.7. The van der Waals surface area contributed by atoms with E-state index in [1.807, 2.05) is 0 Å². The van der Waals surface area contributed by atoms with Crippen LogP contribution in [0.15, 0.2) is 0 Å². The molecule has 0 aliphatic rings. The lowest BCUT2D eigenvalue weighted by Crippen LogP contribution is -2.24. The second kappa shape index (κ2) is 6.37. The molecule has 0 aromatic rings. The van der Waals surface area contributed by atoms with Crippen LogP contribution in [0.4, 0.5) is 0 Å². The molecule has 12 heavy (non-hydrogen) atoms. The maximum Gasteiger partial charge on any atom is 0.156 e. The van der Waals surface area contributed by atoms with Crippen molar-refractivity contribution in [1.29, 1.82) is 0 Å². The van der Waals surface area contributed by atoms with E-state index in [0.717, 1.165) is 0 Å². The minimum Gasteiger partial charge on any atom is -0.394 e. The Morgan fingerprint density at radius 3 is 1.25 bits per heavy atom. The second-order valence-electron chi connectivity index (χ2n) is 3.77. The fourth-order valence-electron chi connectivity index (χ4n) is 0. The summed E-state index contributed by atoms with van der Waals surface area (Å²) in [5, 5.41) is 32.9. The van der Waals surface area contributed by atoms with E-state index in [1.54, 1.807) is 20.8 Å². The second-order valence-corrected chi connectivity index (χ2v) is 3.77. The van der Waals surface area contributed by atoms with Crippen molar-refractivity contribution in [2.24, 2.45) is 5.41 Å². The van der Waals surface area contributed by atoms with Crippen LogP contribution < -0.4 is 0 Å². The molecule has 0 aliphatic carbocycles. The number of aliphatic hydroxyl groups excluding tert-OH is 3. The number of rotatable bonds is 1. The fourth-order valence-corrected chi connectivity index (χ4v) is 0. The van der Waals surface area contributed by atoms with Gasteiger partial charge in [-0.05, 0) is 6.92 Å². The van der Waals surface area contributed by atoms with Crippen LogP contribution in [0, 0.1) is 5.41 Å². The lowest BCUT2D eigenvalue weighted by atomic mass is 9.96. The molecular formula is C8H20O4. The van der Waals surface area contributed by atoms with Gasteiger partial charge in [-0.2, -0.15) is 0 Å². The van der Waals surface area contributed by atoms with Crippen molar-refractivity contribution in [3.8, 4) is 0 Å². The van der Waals surface area contributed by atoms with Crippen molar-refractivity contribution in [1.82, 2.24) is 0 Å². The molecule has 0 aliphatic heterocycles. The van der Waals surface area contributed by atoms with E-state index in [-0.39, 0.29) is 12.0 Å². The maximum absolute atomic E-state index is 8.44. The Balaban J connectivity index is 0. The van der Waals surface area contributed by atoms with Crippen LogP contribution >= 0.6 is 0 Å². The minimum absolute atomic E-state index is 0.139. The summed E-state index contributed by atoms with van der Waals surface area (Å²) in [6.07, 6.45) is -1.76. The Morgan fingerprint density at radius 1 is 1.08 bits per heavy atom. The highest BCUT2D eigenvalue weighted by Gasteiger charge is 2.18. The smallest absolute Gasteiger partial charge is 0.156 e. The molecule has 0 aromatic heterocycles. The topological polar surface area (TPSA) is 80.9 Å². The van der Waals surface area contributed by atoms with Gasteiger partial charge >= 0.3 is 0 Å². The Hall–Kier alpha value is -0.160. The Kier molecular flexibility index (Phi) is 7.62. The van der Waals surface area contributed by atoms with Gasteiger partial charge in [0.15, 0.2) is 6.29 Å². The molecule has 4 heteroatoms. The molecule has 0 radical (unpaired) electrons. The Labute approximate surface area is 73.5 Å². The van der Waals surface area contributed by atoms with Gasteiger partial charge in [0.25, 0.3) is 0 Å². The van der Waals surface area contributed by atoms with Crippen molar-refractivity contribution in [3.63, 3.8) is 0 Å². The zero-order chi connectivity index (χ0) is 10.4. The van der Waals surface area contributed by atoms with Gasteiger partial charge in [-0.15, -0.1) is 0 Å². The van der Waals surface area contributed by atoms with Gasteiger partial charge in [-0.1, -0.05) is 20.8 Å². The highest BCUT2D eigenvalue weighted by atomic mass is 16.5. The van der Waals surface area contributed by atoms with Gasteiger partial charge in [0.05, 0.1) is 12.7 Å². The molecule has 0 rings (SSSR count). The monoisotopic (exact) mass is 180 g/mol. The molecule has 0 amide bonds. The lowest BCUT2D eigenvalue weighted by Gasteiger charge is -2.19. The SMILES string of the molecule is CC(C)(C)C(O)O.CC(O)CO. The molecule has 0 saturated heterocycles. The van der Waals surface area contributed by atoms with E-state index in [2.05, 4.69) is 0 Å². The molecule has 4 nitrogen and oxygen atoms in total. The molecular weight excluding hydrogens is 160 g/mol. The quantitative estimate of drug-likeness (QED) is 0.418. The summed E-state index contributed by atoms with van der Waals surface area (Å²) in [5.41, 5.74) is -0.389. The number of hydrogen-bond acceptors (Lipinski definition) is 4. The van der Waals surface area contributed by atoms with Crippen LogP contribution in [0.25, 0.3) is 0 Å². The van der Waals surface area contributed by atoms with Gasteiger partial charge in [-0.25, -0.2) is 0 Å². The van der Waals surface area contributed by atoms with Gasteiger partial charge < -0.3 is 20.4 Å². The number of hydrogen-bond donors (Lipinski definition) is 4. The molecule has 0 aromatic carbocycles. The summed E-state index contributed by atoms with van der Waals surface area (Å²) in [6, 6.07) is 0. The zero-order valence-electron chi connectivity index (χ0n) is 8.15. The first-order chi connectivity index (χ1) is 5.21. The first-order valence-corrected chi connectivity index (χ1v) is 3.87. The van der Waals surface area contributed by atoms with Crippen molar-refractivity contribution in [2.45, 2.75) is 40.1 Å². The van der Waals surface area contributed by atoms with Gasteiger partial charge in [0.2, 0.25) is 0 Å². The molecule has 1 unspecified atom stereocenters. The molecule has 1 atom stereocenters. The molecule has 0 saturated carbocycles. The van der Waals surface area contributed by atoms with Crippen LogP contribution in [0.2, 0.25) is 0 Å². The van der Waals surface area contributed by atoms with E-state index in [0.29, 0.717) is 0 Å². The first kappa shape index (κ1) is 14.4. The van der Waals surface area contributed by atoms with E-state index in [9.17, 15) is 0 Å². The van der Waals surface area contributed by atoms with E-state index < -0.39 is 12.4 Å². The largest absolute Gasteiger partial charge is 0.394 e. The third-order valence-corrected chi connectivity index (χ3v) is 1.04. The predicted molar refractivity (Wildman–Crippen MR) is 46.4 cm³/mol. The molecule has 0 spiro atoms. The third kappa shape index (κ3) is 12.5. The summed E-state index contributed by atoms with van der Waals surface area (Å²) in [4.78, 5) is 0. The average molecular weight is 180 g/mol.